The standard InChI is InChI=1S/C13H17BrFN/c1-12(15)6-7-13(8-12,9-16)10-4-2-3-5-11(10)14/h2-5H,6-9,16H2,1H3. The Morgan fingerprint density at radius 1 is 1.38 bits per heavy atom. The molecule has 1 aromatic carbocycles. The normalized spacial score (nSPS) is 34.2. The van der Waals surface area contributed by atoms with Crippen LogP contribution in [0.25, 0.3) is 0 Å². The average Bonchev–Trinajstić information content (AvgIpc) is 2.56. The van der Waals surface area contributed by atoms with Crippen LogP contribution in [0.15, 0.2) is 28.7 Å². The predicted octanol–water partition coefficient (Wildman–Crippen LogP) is 3.56. The number of benzene rings is 1. The molecule has 1 aromatic rings. The van der Waals surface area contributed by atoms with Crippen LogP contribution >= 0.6 is 15.9 Å². The maximum atomic E-state index is 14.0. The van der Waals surface area contributed by atoms with Gasteiger partial charge in [0.1, 0.15) is 5.67 Å². The van der Waals surface area contributed by atoms with Gasteiger partial charge in [-0.15, -0.1) is 0 Å². The molecule has 1 fully saturated rings. The summed E-state index contributed by atoms with van der Waals surface area (Å²) in [5.41, 5.74) is 5.79. The van der Waals surface area contributed by atoms with Crippen molar-refractivity contribution in [3.63, 3.8) is 0 Å². The van der Waals surface area contributed by atoms with Gasteiger partial charge in [0.2, 0.25) is 0 Å². The Labute approximate surface area is 104 Å². The van der Waals surface area contributed by atoms with E-state index in [9.17, 15) is 4.39 Å². The van der Waals surface area contributed by atoms with Crippen molar-refractivity contribution in [1.82, 2.24) is 0 Å². The van der Waals surface area contributed by atoms with Crippen LogP contribution in [-0.2, 0) is 5.41 Å². The minimum Gasteiger partial charge on any atom is -0.330 e. The first-order chi connectivity index (χ1) is 7.49. The molecule has 1 nitrogen and oxygen atoms in total. The van der Waals surface area contributed by atoms with E-state index >= 15 is 0 Å². The summed E-state index contributed by atoms with van der Waals surface area (Å²) in [5.74, 6) is 0. The van der Waals surface area contributed by atoms with Gasteiger partial charge in [0, 0.05) is 16.4 Å². The molecule has 88 valence electrons. The Morgan fingerprint density at radius 2 is 2.06 bits per heavy atom. The van der Waals surface area contributed by atoms with Gasteiger partial charge in [-0.3, -0.25) is 0 Å². The number of hydrogen-bond donors (Lipinski definition) is 1. The van der Waals surface area contributed by atoms with E-state index < -0.39 is 5.67 Å². The van der Waals surface area contributed by atoms with Crippen molar-refractivity contribution in [2.45, 2.75) is 37.3 Å². The summed E-state index contributed by atoms with van der Waals surface area (Å²) in [6.45, 7) is 2.19. The second-order valence-corrected chi connectivity index (χ2v) is 5.91. The zero-order chi connectivity index (χ0) is 11.8. The average molecular weight is 286 g/mol. The Balaban J connectivity index is 2.41. The third kappa shape index (κ3) is 2.03. The number of nitrogens with two attached hydrogens (primary N) is 1. The highest BCUT2D eigenvalue weighted by Crippen LogP contribution is 2.49. The molecule has 0 amide bonds. The van der Waals surface area contributed by atoms with Gasteiger partial charge in [0.15, 0.2) is 0 Å². The summed E-state index contributed by atoms with van der Waals surface area (Å²) in [4.78, 5) is 0. The van der Waals surface area contributed by atoms with E-state index in [1.807, 2.05) is 18.2 Å². The topological polar surface area (TPSA) is 26.0 Å². The molecule has 1 saturated carbocycles. The van der Waals surface area contributed by atoms with Crippen LogP contribution in [0.1, 0.15) is 31.7 Å². The van der Waals surface area contributed by atoms with Gasteiger partial charge < -0.3 is 5.73 Å². The number of halogens is 2. The first kappa shape index (κ1) is 12.1. The Morgan fingerprint density at radius 3 is 2.56 bits per heavy atom. The van der Waals surface area contributed by atoms with E-state index in [1.165, 1.54) is 0 Å². The lowest BCUT2D eigenvalue weighted by Crippen LogP contribution is -2.34. The van der Waals surface area contributed by atoms with E-state index in [-0.39, 0.29) is 5.41 Å². The molecule has 2 atom stereocenters. The molecule has 1 aliphatic rings. The minimum atomic E-state index is -1.07. The van der Waals surface area contributed by atoms with E-state index in [4.69, 9.17) is 5.73 Å². The molecule has 0 saturated heterocycles. The van der Waals surface area contributed by atoms with Crippen molar-refractivity contribution < 1.29 is 4.39 Å². The Kier molecular flexibility index (Phi) is 3.10. The first-order valence-electron chi connectivity index (χ1n) is 5.63. The van der Waals surface area contributed by atoms with Crippen LogP contribution in [-0.4, -0.2) is 12.2 Å². The molecule has 3 heteroatoms. The van der Waals surface area contributed by atoms with Crippen molar-refractivity contribution in [3.05, 3.63) is 34.3 Å². The van der Waals surface area contributed by atoms with Gasteiger partial charge in [-0.25, -0.2) is 4.39 Å². The van der Waals surface area contributed by atoms with E-state index in [0.29, 0.717) is 19.4 Å². The van der Waals surface area contributed by atoms with Crippen LogP contribution in [0.4, 0.5) is 4.39 Å². The Bertz CT molecular complexity index is 391. The molecule has 0 aromatic heterocycles. The molecule has 2 N–H and O–H groups in total. The summed E-state index contributed by atoms with van der Waals surface area (Å²) in [7, 11) is 0. The quantitative estimate of drug-likeness (QED) is 0.884. The fraction of sp³-hybridized carbons (Fsp3) is 0.538. The van der Waals surface area contributed by atoms with E-state index in [1.54, 1.807) is 6.92 Å². The third-order valence-electron chi connectivity index (χ3n) is 3.67. The Hall–Kier alpha value is -0.410. The molecular formula is C13H17BrFN. The fourth-order valence-corrected chi connectivity index (χ4v) is 3.49. The van der Waals surface area contributed by atoms with Crippen LogP contribution in [0, 0.1) is 0 Å². The van der Waals surface area contributed by atoms with Gasteiger partial charge in [0.25, 0.3) is 0 Å². The van der Waals surface area contributed by atoms with Gasteiger partial charge in [0.05, 0.1) is 0 Å². The lowest BCUT2D eigenvalue weighted by atomic mass is 9.78. The molecule has 2 unspecified atom stereocenters. The zero-order valence-electron chi connectivity index (χ0n) is 9.47. The number of hydrogen-bond acceptors (Lipinski definition) is 1. The molecule has 0 radical (unpaired) electrons. The van der Waals surface area contributed by atoms with Crippen molar-refractivity contribution in [3.8, 4) is 0 Å². The van der Waals surface area contributed by atoms with E-state index in [0.717, 1.165) is 16.5 Å². The summed E-state index contributed by atoms with van der Waals surface area (Å²) < 4.78 is 15.1. The second-order valence-electron chi connectivity index (χ2n) is 5.05. The summed E-state index contributed by atoms with van der Waals surface area (Å²) in [6.07, 6.45) is 1.96. The lowest BCUT2D eigenvalue weighted by molar-refractivity contribution is 0.187. The maximum absolute atomic E-state index is 14.0. The maximum Gasteiger partial charge on any atom is 0.109 e. The smallest absolute Gasteiger partial charge is 0.109 e. The SMILES string of the molecule is CC1(F)CCC(CN)(c2ccccc2Br)C1. The third-order valence-corrected chi connectivity index (χ3v) is 4.36. The summed E-state index contributed by atoms with van der Waals surface area (Å²) in [6, 6.07) is 8.02. The molecule has 1 aliphatic carbocycles. The molecule has 0 heterocycles. The van der Waals surface area contributed by atoms with Crippen molar-refractivity contribution >= 4 is 15.9 Å². The number of alkyl halides is 1. The highest BCUT2D eigenvalue weighted by molar-refractivity contribution is 9.10. The fourth-order valence-electron chi connectivity index (χ4n) is 2.79. The molecule has 0 aliphatic heterocycles. The van der Waals surface area contributed by atoms with Gasteiger partial charge in [-0.05, 0) is 37.8 Å². The van der Waals surface area contributed by atoms with Gasteiger partial charge in [-0.2, -0.15) is 0 Å². The highest BCUT2D eigenvalue weighted by atomic mass is 79.9. The second kappa shape index (κ2) is 4.11. The number of rotatable bonds is 2. The van der Waals surface area contributed by atoms with Gasteiger partial charge in [-0.1, -0.05) is 34.1 Å². The van der Waals surface area contributed by atoms with Crippen molar-refractivity contribution in [2.75, 3.05) is 6.54 Å². The predicted molar refractivity (Wildman–Crippen MR) is 68.2 cm³/mol. The largest absolute Gasteiger partial charge is 0.330 e. The van der Waals surface area contributed by atoms with Crippen molar-refractivity contribution in [2.24, 2.45) is 5.73 Å². The molecule has 16 heavy (non-hydrogen) atoms. The molecule has 2 rings (SSSR count). The summed E-state index contributed by atoms with van der Waals surface area (Å²) in [5, 5.41) is 0. The highest BCUT2D eigenvalue weighted by Gasteiger charge is 2.46. The minimum absolute atomic E-state index is 0.191. The van der Waals surface area contributed by atoms with Crippen LogP contribution in [0.2, 0.25) is 0 Å². The summed E-state index contributed by atoms with van der Waals surface area (Å²) >= 11 is 3.54. The lowest BCUT2D eigenvalue weighted by Gasteiger charge is -2.30. The van der Waals surface area contributed by atoms with Crippen LogP contribution in [0.3, 0.4) is 0 Å². The molecular weight excluding hydrogens is 269 g/mol. The van der Waals surface area contributed by atoms with Gasteiger partial charge >= 0.3 is 0 Å². The monoisotopic (exact) mass is 285 g/mol. The first-order valence-corrected chi connectivity index (χ1v) is 6.42. The van der Waals surface area contributed by atoms with E-state index in [2.05, 4.69) is 22.0 Å². The molecule has 0 spiro atoms. The molecule has 0 bridgehead atoms. The van der Waals surface area contributed by atoms with Crippen LogP contribution < -0.4 is 5.73 Å². The zero-order valence-corrected chi connectivity index (χ0v) is 11.1. The van der Waals surface area contributed by atoms with Crippen LogP contribution in [0.5, 0.6) is 0 Å². The van der Waals surface area contributed by atoms with Crippen molar-refractivity contribution in [1.29, 1.82) is 0 Å².